The van der Waals surface area contributed by atoms with Crippen LogP contribution in [-0.4, -0.2) is 32.5 Å². The van der Waals surface area contributed by atoms with Crippen LogP contribution in [-0.2, 0) is 9.84 Å². The van der Waals surface area contributed by atoms with Crippen LogP contribution in [0.25, 0.3) is 0 Å². The molecule has 0 aliphatic rings. The van der Waals surface area contributed by atoms with Gasteiger partial charge in [0.25, 0.3) is 0 Å². The highest BCUT2D eigenvalue weighted by Gasteiger charge is 2.15. The molecule has 0 aromatic carbocycles. The van der Waals surface area contributed by atoms with Gasteiger partial charge in [0.1, 0.15) is 0 Å². The molecule has 1 atom stereocenters. The minimum atomic E-state index is -2.85. The van der Waals surface area contributed by atoms with Crippen LogP contribution in [0.4, 0.5) is 0 Å². The first kappa shape index (κ1) is 16.9. The first-order valence-electron chi connectivity index (χ1n) is 6.68. The Bertz CT molecular complexity index is 284. The van der Waals surface area contributed by atoms with E-state index in [1.807, 2.05) is 0 Å². The zero-order chi connectivity index (χ0) is 13.5. The monoisotopic (exact) mass is 263 g/mol. The number of hydrogen-bond acceptors (Lipinski definition) is 3. The first-order chi connectivity index (χ1) is 7.75. The molecule has 0 aromatic rings. The maximum absolute atomic E-state index is 11.6. The molecule has 1 unspecified atom stereocenters. The van der Waals surface area contributed by atoms with Crippen molar-refractivity contribution in [3.8, 4) is 0 Å². The van der Waals surface area contributed by atoms with Crippen LogP contribution >= 0.6 is 0 Å². The van der Waals surface area contributed by atoms with Gasteiger partial charge < -0.3 is 5.32 Å². The maximum Gasteiger partial charge on any atom is 0.152 e. The van der Waals surface area contributed by atoms with E-state index in [-0.39, 0.29) is 5.25 Å². The zero-order valence-electron chi connectivity index (χ0n) is 12.0. The molecular formula is C13H29NO2S. The van der Waals surface area contributed by atoms with Crippen molar-refractivity contribution in [3.63, 3.8) is 0 Å². The fourth-order valence-electron chi connectivity index (χ4n) is 1.59. The molecule has 0 rings (SSSR count). The summed E-state index contributed by atoms with van der Waals surface area (Å²) in [6.45, 7) is 12.1. The van der Waals surface area contributed by atoms with E-state index in [4.69, 9.17) is 0 Å². The molecule has 0 saturated carbocycles. The third kappa shape index (κ3) is 8.61. The van der Waals surface area contributed by atoms with Gasteiger partial charge in [0.15, 0.2) is 9.84 Å². The molecule has 1 N–H and O–H groups in total. The number of hydrogen-bond donors (Lipinski definition) is 1. The minimum Gasteiger partial charge on any atom is -0.316 e. The lowest BCUT2D eigenvalue weighted by atomic mass is 10.1. The Balaban J connectivity index is 3.68. The lowest BCUT2D eigenvalue weighted by molar-refractivity contribution is 0.450. The zero-order valence-corrected chi connectivity index (χ0v) is 12.8. The maximum atomic E-state index is 11.6. The molecule has 0 saturated heterocycles. The Morgan fingerprint density at radius 1 is 1.00 bits per heavy atom. The third-order valence-corrected chi connectivity index (χ3v) is 5.18. The summed E-state index contributed by atoms with van der Waals surface area (Å²) in [5, 5.41) is 3.17. The lowest BCUT2D eigenvalue weighted by Gasteiger charge is -2.14. The summed E-state index contributed by atoms with van der Waals surface area (Å²) in [4.78, 5) is 0. The van der Waals surface area contributed by atoms with Crippen molar-refractivity contribution in [1.82, 2.24) is 5.32 Å². The van der Waals surface area contributed by atoms with Gasteiger partial charge in [0.2, 0.25) is 0 Å². The fourth-order valence-corrected chi connectivity index (χ4v) is 2.63. The lowest BCUT2D eigenvalue weighted by Crippen LogP contribution is -2.25. The van der Waals surface area contributed by atoms with Gasteiger partial charge in [-0.1, -0.05) is 20.8 Å². The molecule has 0 fully saturated rings. The molecule has 0 amide bonds. The minimum absolute atomic E-state index is 0.239. The Kier molecular flexibility index (Phi) is 8.05. The normalized spacial score (nSPS) is 14.5. The number of rotatable bonds is 9. The highest BCUT2D eigenvalue weighted by Crippen LogP contribution is 2.09. The SMILES string of the molecule is CC(C)CNCC(C)CCCS(=O)(=O)C(C)C. The summed E-state index contributed by atoms with van der Waals surface area (Å²) in [6.07, 6.45) is 1.77. The van der Waals surface area contributed by atoms with Crippen LogP contribution in [0.5, 0.6) is 0 Å². The molecule has 0 bridgehead atoms. The van der Waals surface area contributed by atoms with E-state index in [0.717, 1.165) is 25.9 Å². The van der Waals surface area contributed by atoms with Crippen LogP contribution in [0, 0.1) is 11.8 Å². The van der Waals surface area contributed by atoms with Gasteiger partial charge in [-0.2, -0.15) is 0 Å². The third-order valence-electron chi connectivity index (χ3n) is 2.89. The van der Waals surface area contributed by atoms with Crippen LogP contribution in [0.1, 0.15) is 47.5 Å². The van der Waals surface area contributed by atoms with Crippen molar-refractivity contribution in [2.45, 2.75) is 52.7 Å². The van der Waals surface area contributed by atoms with Gasteiger partial charge in [-0.25, -0.2) is 8.42 Å². The fraction of sp³-hybridized carbons (Fsp3) is 1.00. The van der Waals surface area contributed by atoms with Crippen molar-refractivity contribution >= 4 is 9.84 Å². The summed E-state index contributed by atoms with van der Waals surface area (Å²) < 4.78 is 23.2. The van der Waals surface area contributed by atoms with Crippen molar-refractivity contribution < 1.29 is 8.42 Å². The van der Waals surface area contributed by atoms with Crippen LogP contribution in [0.3, 0.4) is 0 Å². The van der Waals surface area contributed by atoms with Crippen molar-refractivity contribution in [3.05, 3.63) is 0 Å². The summed E-state index contributed by atoms with van der Waals surface area (Å²) in [7, 11) is -2.85. The van der Waals surface area contributed by atoms with Crippen LogP contribution < -0.4 is 5.32 Å². The first-order valence-corrected chi connectivity index (χ1v) is 8.39. The van der Waals surface area contributed by atoms with Crippen LogP contribution in [0.15, 0.2) is 0 Å². The standard InChI is InChI=1S/C13H29NO2S/c1-11(2)9-14-10-13(5)7-6-8-17(15,16)12(3)4/h11-14H,6-10H2,1-5H3. The Labute approximate surface area is 107 Å². The molecule has 0 heterocycles. The van der Waals surface area contributed by atoms with Crippen molar-refractivity contribution in [1.29, 1.82) is 0 Å². The second-order valence-electron chi connectivity index (χ2n) is 5.72. The number of nitrogens with one attached hydrogen (secondary N) is 1. The van der Waals surface area contributed by atoms with E-state index in [0.29, 0.717) is 17.6 Å². The molecule has 0 aliphatic heterocycles. The molecule has 0 radical (unpaired) electrons. The quantitative estimate of drug-likeness (QED) is 0.695. The summed E-state index contributed by atoms with van der Waals surface area (Å²) in [5.41, 5.74) is 0. The van der Waals surface area contributed by atoms with Crippen molar-refractivity contribution in [2.75, 3.05) is 18.8 Å². The van der Waals surface area contributed by atoms with E-state index >= 15 is 0 Å². The predicted molar refractivity (Wildman–Crippen MR) is 75.0 cm³/mol. The topological polar surface area (TPSA) is 46.2 Å². The average Bonchev–Trinajstić information content (AvgIpc) is 2.16. The molecule has 104 valence electrons. The van der Waals surface area contributed by atoms with E-state index in [2.05, 4.69) is 26.1 Å². The van der Waals surface area contributed by atoms with Gasteiger partial charge in [-0.05, 0) is 51.6 Å². The second-order valence-corrected chi connectivity index (χ2v) is 8.39. The Morgan fingerprint density at radius 2 is 1.59 bits per heavy atom. The Hall–Kier alpha value is -0.0900. The second kappa shape index (κ2) is 8.09. The highest BCUT2D eigenvalue weighted by atomic mass is 32.2. The average molecular weight is 263 g/mol. The molecule has 4 heteroatoms. The molecule has 0 aromatic heterocycles. The van der Waals surface area contributed by atoms with E-state index in [1.54, 1.807) is 13.8 Å². The summed E-state index contributed by atoms with van der Waals surface area (Å²) in [6, 6.07) is 0. The van der Waals surface area contributed by atoms with Crippen molar-refractivity contribution in [2.24, 2.45) is 11.8 Å². The van der Waals surface area contributed by atoms with E-state index < -0.39 is 9.84 Å². The predicted octanol–water partition coefficient (Wildman–Crippen LogP) is 2.47. The Morgan fingerprint density at radius 3 is 2.06 bits per heavy atom. The van der Waals surface area contributed by atoms with E-state index in [9.17, 15) is 8.42 Å². The smallest absolute Gasteiger partial charge is 0.152 e. The molecule has 17 heavy (non-hydrogen) atoms. The summed E-state index contributed by atoms with van der Waals surface area (Å²) >= 11 is 0. The van der Waals surface area contributed by atoms with E-state index in [1.165, 1.54) is 0 Å². The summed E-state index contributed by atoms with van der Waals surface area (Å²) in [5.74, 6) is 1.55. The van der Waals surface area contributed by atoms with Gasteiger partial charge in [0, 0.05) is 0 Å². The molecule has 3 nitrogen and oxygen atoms in total. The van der Waals surface area contributed by atoms with Crippen LogP contribution in [0.2, 0.25) is 0 Å². The number of sulfone groups is 1. The molecule has 0 spiro atoms. The van der Waals surface area contributed by atoms with Gasteiger partial charge in [-0.3, -0.25) is 0 Å². The molecule has 0 aliphatic carbocycles. The van der Waals surface area contributed by atoms with Gasteiger partial charge >= 0.3 is 0 Å². The largest absolute Gasteiger partial charge is 0.316 e. The van der Waals surface area contributed by atoms with Gasteiger partial charge in [0.05, 0.1) is 11.0 Å². The molecular weight excluding hydrogens is 234 g/mol. The highest BCUT2D eigenvalue weighted by molar-refractivity contribution is 7.91. The van der Waals surface area contributed by atoms with Gasteiger partial charge in [-0.15, -0.1) is 0 Å².